The first-order chi connectivity index (χ1) is 12.4. The summed E-state index contributed by atoms with van der Waals surface area (Å²) in [6, 6.07) is 1.10. The van der Waals surface area contributed by atoms with Crippen LogP contribution < -0.4 is 11.2 Å². The van der Waals surface area contributed by atoms with Gasteiger partial charge in [0.25, 0.3) is 5.56 Å². The fraction of sp³-hybridized carbons (Fsp3) is 0.692. The second-order valence-corrected chi connectivity index (χ2v) is 9.91. The highest BCUT2D eigenvalue weighted by Crippen LogP contribution is 2.36. The van der Waals surface area contributed by atoms with Crippen LogP contribution in [-0.4, -0.2) is 72.5 Å². The summed E-state index contributed by atoms with van der Waals surface area (Å²) in [6.07, 6.45) is -1.90. The lowest BCUT2D eigenvalue weighted by Crippen LogP contribution is -2.44. The Balaban J connectivity index is 3.06. The molecule has 3 N–H and O–H groups in total. The minimum absolute atomic E-state index is 0.171. The highest BCUT2D eigenvalue weighted by Gasteiger charge is 2.34. The first-order valence-corrected chi connectivity index (χ1v) is 11.2. The molecule has 3 atom stereocenters. The molecule has 0 spiro atoms. The third-order valence-electron chi connectivity index (χ3n) is 3.67. The van der Waals surface area contributed by atoms with Crippen molar-refractivity contribution in [1.29, 1.82) is 0 Å². The van der Waals surface area contributed by atoms with Crippen molar-refractivity contribution in [2.75, 3.05) is 32.6 Å². The van der Waals surface area contributed by atoms with E-state index in [2.05, 4.69) is 4.98 Å². The number of aromatic amines is 1. The minimum Gasteiger partial charge on any atom is -0.379 e. The Hall–Kier alpha value is -1.34. The molecule has 156 valence electrons. The molecule has 0 saturated carbocycles. The van der Waals surface area contributed by atoms with E-state index in [4.69, 9.17) is 24.0 Å². The molecule has 14 heteroatoms. The van der Waals surface area contributed by atoms with E-state index < -0.39 is 58.4 Å². The van der Waals surface area contributed by atoms with Gasteiger partial charge in [0.15, 0.2) is 21.6 Å². The van der Waals surface area contributed by atoms with Crippen molar-refractivity contribution in [3.8, 4) is 0 Å². The standard InChI is InChI=1S/C13H23N2O10PS/c1-23-9(5-7-27(21,22)8-26(18,19)20)11(24-2)12(25-3)15-6-4-10(16)14-13(15)17/h4,6,9,11-12H,5,7-8H2,1-3H3,(H,14,16,17)(H2,18,19,20)/t9-,11-,12-/m1/s1. The number of sulfone groups is 1. The average molecular weight is 430 g/mol. The molecular weight excluding hydrogens is 407 g/mol. The summed E-state index contributed by atoms with van der Waals surface area (Å²) >= 11 is 0. The van der Waals surface area contributed by atoms with E-state index in [1.54, 1.807) is 0 Å². The zero-order valence-electron chi connectivity index (χ0n) is 15.0. The number of methoxy groups -OCH3 is 3. The van der Waals surface area contributed by atoms with Gasteiger partial charge in [-0.25, -0.2) is 13.2 Å². The van der Waals surface area contributed by atoms with Crippen molar-refractivity contribution < 1.29 is 37.0 Å². The number of H-pyrrole nitrogens is 1. The summed E-state index contributed by atoms with van der Waals surface area (Å²) in [5.74, 6) is -0.576. The molecular formula is C13H23N2O10PS. The molecule has 0 radical (unpaired) electrons. The summed E-state index contributed by atoms with van der Waals surface area (Å²) < 4.78 is 51.5. The van der Waals surface area contributed by atoms with Gasteiger partial charge >= 0.3 is 13.3 Å². The molecule has 0 aliphatic heterocycles. The maximum Gasteiger partial charge on any atom is 0.340 e. The number of rotatable bonds is 11. The Morgan fingerprint density at radius 3 is 2.26 bits per heavy atom. The van der Waals surface area contributed by atoms with Gasteiger partial charge in [-0.15, -0.1) is 0 Å². The molecule has 0 fully saturated rings. The van der Waals surface area contributed by atoms with Crippen LogP contribution in [-0.2, 0) is 28.6 Å². The lowest BCUT2D eigenvalue weighted by atomic mass is 10.1. The van der Waals surface area contributed by atoms with Gasteiger partial charge in [-0.2, -0.15) is 0 Å². The largest absolute Gasteiger partial charge is 0.379 e. The smallest absolute Gasteiger partial charge is 0.340 e. The van der Waals surface area contributed by atoms with E-state index in [1.807, 2.05) is 0 Å². The molecule has 1 heterocycles. The van der Waals surface area contributed by atoms with Gasteiger partial charge in [-0.3, -0.25) is 18.9 Å². The maximum absolute atomic E-state index is 12.0. The molecule has 0 aromatic carbocycles. The van der Waals surface area contributed by atoms with E-state index in [9.17, 15) is 22.6 Å². The van der Waals surface area contributed by atoms with Crippen LogP contribution in [0.4, 0.5) is 0 Å². The summed E-state index contributed by atoms with van der Waals surface area (Å²) in [6.45, 7) is 0. The Kier molecular flexibility index (Phi) is 8.54. The predicted octanol–water partition coefficient (Wildman–Crippen LogP) is -1.35. The number of ether oxygens (including phenoxy) is 3. The second-order valence-electron chi connectivity index (χ2n) is 5.65. The van der Waals surface area contributed by atoms with E-state index in [0.717, 1.165) is 10.6 Å². The van der Waals surface area contributed by atoms with Crippen LogP contribution in [0.3, 0.4) is 0 Å². The van der Waals surface area contributed by atoms with Gasteiger partial charge < -0.3 is 24.0 Å². The predicted molar refractivity (Wildman–Crippen MR) is 94.3 cm³/mol. The Labute approximate surface area is 155 Å². The molecule has 0 saturated heterocycles. The van der Waals surface area contributed by atoms with Gasteiger partial charge in [0.2, 0.25) is 0 Å². The van der Waals surface area contributed by atoms with E-state index in [1.165, 1.54) is 27.5 Å². The molecule has 0 aliphatic rings. The van der Waals surface area contributed by atoms with Crippen molar-refractivity contribution in [3.05, 3.63) is 33.1 Å². The second kappa shape index (κ2) is 9.73. The molecule has 0 unspecified atom stereocenters. The van der Waals surface area contributed by atoms with Crippen molar-refractivity contribution in [1.82, 2.24) is 9.55 Å². The third kappa shape index (κ3) is 7.30. The van der Waals surface area contributed by atoms with Crippen molar-refractivity contribution in [2.45, 2.75) is 24.9 Å². The molecule has 0 aliphatic carbocycles. The van der Waals surface area contributed by atoms with Crippen LogP contribution in [0.1, 0.15) is 12.6 Å². The summed E-state index contributed by atoms with van der Waals surface area (Å²) in [7, 11) is -4.92. The number of hydrogen-bond acceptors (Lipinski definition) is 8. The normalized spacial score (nSPS) is 16.0. The fourth-order valence-electron chi connectivity index (χ4n) is 2.52. The Morgan fingerprint density at radius 1 is 1.19 bits per heavy atom. The fourth-order valence-corrected chi connectivity index (χ4v) is 5.68. The van der Waals surface area contributed by atoms with Crippen molar-refractivity contribution in [3.63, 3.8) is 0 Å². The lowest BCUT2D eigenvalue weighted by Gasteiger charge is -2.31. The third-order valence-corrected chi connectivity index (χ3v) is 7.44. The highest BCUT2D eigenvalue weighted by molar-refractivity contribution is 7.97. The quantitative estimate of drug-likeness (QED) is 0.356. The molecule has 27 heavy (non-hydrogen) atoms. The molecule has 0 amide bonds. The topological polar surface area (TPSA) is 174 Å². The molecule has 1 aromatic rings. The minimum atomic E-state index is -4.73. The van der Waals surface area contributed by atoms with Crippen LogP contribution in [0.25, 0.3) is 0 Å². The average Bonchev–Trinajstić information content (AvgIpc) is 2.53. The first-order valence-electron chi connectivity index (χ1n) is 7.59. The number of hydrogen-bond donors (Lipinski definition) is 3. The van der Waals surface area contributed by atoms with Crippen LogP contribution in [0.2, 0.25) is 0 Å². The zero-order chi connectivity index (χ0) is 20.8. The maximum atomic E-state index is 12.0. The molecule has 1 aromatic heterocycles. The SMILES string of the molecule is CO[C@@H]([C@@H](OC)n1ccc(=O)[nH]c1=O)[C@@H](CCS(=O)(=O)CP(=O)(O)O)OC. The van der Waals surface area contributed by atoms with Gasteiger partial charge in [0, 0.05) is 33.6 Å². The molecule has 1 rings (SSSR count). The summed E-state index contributed by atoms with van der Waals surface area (Å²) in [4.78, 5) is 43.0. The summed E-state index contributed by atoms with van der Waals surface area (Å²) in [5.41, 5.74) is -2.64. The zero-order valence-corrected chi connectivity index (χ0v) is 16.7. The van der Waals surface area contributed by atoms with Crippen LogP contribution in [0.5, 0.6) is 0 Å². The lowest BCUT2D eigenvalue weighted by molar-refractivity contribution is -0.136. The molecule has 0 bridgehead atoms. The monoisotopic (exact) mass is 430 g/mol. The van der Waals surface area contributed by atoms with Crippen LogP contribution >= 0.6 is 7.60 Å². The first kappa shape index (κ1) is 23.7. The Morgan fingerprint density at radius 2 is 1.81 bits per heavy atom. The summed E-state index contributed by atoms with van der Waals surface area (Å²) in [5, 5.41) is 0. The number of aromatic nitrogens is 2. The van der Waals surface area contributed by atoms with Crippen LogP contribution in [0.15, 0.2) is 21.9 Å². The number of nitrogens with one attached hydrogen (secondary N) is 1. The van der Waals surface area contributed by atoms with E-state index in [-0.39, 0.29) is 6.42 Å². The van der Waals surface area contributed by atoms with Gasteiger partial charge in [-0.05, 0) is 6.42 Å². The van der Waals surface area contributed by atoms with E-state index in [0.29, 0.717) is 0 Å². The van der Waals surface area contributed by atoms with Gasteiger partial charge in [0.1, 0.15) is 6.10 Å². The van der Waals surface area contributed by atoms with Crippen molar-refractivity contribution >= 4 is 17.4 Å². The van der Waals surface area contributed by atoms with Gasteiger partial charge in [0.05, 0.1) is 11.9 Å². The van der Waals surface area contributed by atoms with Crippen LogP contribution in [0, 0.1) is 0 Å². The highest BCUT2D eigenvalue weighted by atomic mass is 32.2. The van der Waals surface area contributed by atoms with Crippen molar-refractivity contribution in [2.24, 2.45) is 0 Å². The van der Waals surface area contributed by atoms with E-state index >= 15 is 0 Å². The number of nitrogens with zero attached hydrogens (tertiary/aromatic N) is 1. The molecule has 12 nitrogen and oxygen atoms in total. The Bertz CT molecular complexity index is 874. The van der Waals surface area contributed by atoms with Gasteiger partial charge in [-0.1, -0.05) is 0 Å².